The molecule has 0 saturated heterocycles. The minimum atomic E-state index is -0.0548. The van der Waals surface area contributed by atoms with Crippen molar-refractivity contribution < 1.29 is 24.0 Å². The van der Waals surface area contributed by atoms with Crippen LogP contribution in [-0.2, 0) is 24.0 Å². The minimum absolute atomic E-state index is 0.00427. The zero-order valence-corrected chi connectivity index (χ0v) is 23.6. The molecule has 0 aromatic carbocycles. The molecule has 0 heterocycles. The Hall–Kier alpha value is -1.26. The zero-order chi connectivity index (χ0) is 26.6. The molecule has 3 saturated carbocycles. The molecule has 0 aromatic heterocycles. The third kappa shape index (κ3) is 10.4. The van der Waals surface area contributed by atoms with Crippen molar-refractivity contribution in [1.82, 2.24) is 22.0 Å². The molecule has 0 spiro atoms. The van der Waals surface area contributed by atoms with Crippen LogP contribution in [-0.4, -0.2) is 37.7 Å². The Balaban J connectivity index is 1.27. The Morgan fingerprint density at radius 1 is 0.757 bits per heavy atom. The van der Waals surface area contributed by atoms with Crippen molar-refractivity contribution >= 4 is 11.8 Å². The molecule has 3 fully saturated rings. The van der Waals surface area contributed by atoms with E-state index in [2.05, 4.69) is 42.8 Å². The number of amides is 2. The lowest BCUT2D eigenvalue weighted by Gasteiger charge is -2.35. The molecule has 4 N–H and O–H groups in total. The second kappa shape index (κ2) is 16.0. The second-order valence-corrected chi connectivity index (χ2v) is 12.1. The van der Waals surface area contributed by atoms with E-state index in [1.165, 1.54) is 25.7 Å². The summed E-state index contributed by atoms with van der Waals surface area (Å²) in [5.74, 6) is 3.08. The third-order valence-electron chi connectivity index (χ3n) is 8.85. The van der Waals surface area contributed by atoms with E-state index in [0.717, 1.165) is 63.4 Å². The Morgan fingerprint density at radius 3 is 2.00 bits per heavy atom. The van der Waals surface area contributed by atoms with E-state index in [-0.39, 0.29) is 29.8 Å². The van der Waals surface area contributed by atoms with Crippen molar-refractivity contribution in [3.8, 4) is 0 Å². The molecule has 3 aliphatic carbocycles. The first-order valence-electron chi connectivity index (χ1n) is 14.8. The lowest BCUT2D eigenvalue weighted by atomic mass is 9.77. The van der Waals surface area contributed by atoms with E-state index in [9.17, 15) is 9.59 Å². The highest BCUT2D eigenvalue weighted by Gasteiger charge is 2.33. The van der Waals surface area contributed by atoms with Crippen LogP contribution in [0.25, 0.3) is 0 Å². The largest absolute Gasteiger partial charge is 0.378 e. The van der Waals surface area contributed by atoms with Gasteiger partial charge in [0.05, 0.1) is 19.3 Å². The van der Waals surface area contributed by atoms with Crippen LogP contribution in [0.15, 0.2) is 0 Å². The third-order valence-corrected chi connectivity index (χ3v) is 8.85. The molecule has 3 rings (SSSR count). The summed E-state index contributed by atoms with van der Waals surface area (Å²) in [6.45, 7) is 10.6. The van der Waals surface area contributed by atoms with Crippen molar-refractivity contribution in [3.63, 3.8) is 0 Å². The Labute approximate surface area is 223 Å². The molecular weight excluding hydrogens is 472 g/mol. The van der Waals surface area contributed by atoms with Crippen molar-refractivity contribution in [2.45, 2.75) is 104 Å². The maximum Gasteiger partial charge on any atom is 0.239 e. The summed E-state index contributed by atoms with van der Waals surface area (Å²) >= 11 is 0. The normalized spacial score (nSPS) is 32.7. The smallest absolute Gasteiger partial charge is 0.239 e. The summed E-state index contributed by atoms with van der Waals surface area (Å²) in [5, 5.41) is 0. The number of nitrogens with one attached hydrogen (secondary N) is 4. The fourth-order valence-corrected chi connectivity index (χ4v) is 6.38. The lowest BCUT2D eigenvalue weighted by Crippen LogP contribution is -2.45. The van der Waals surface area contributed by atoms with Gasteiger partial charge in [0.2, 0.25) is 11.8 Å². The van der Waals surface area contributed by atoms with Gasteiger partial charge in [-0.15, -0.1) is 11.2 Å². The number of carbonyl (C=O) groups is 2. The lowest BCUT2D eigenvalue weighted by molar-refractivity contribution is -0.137. The van der Waals surface area contributed by atoms with Crippen molar-refractivity contribution in [2.24, 2.45) is 41.4 Å². The molecule has 9 heteroatoms. The summed E-state index contributed by atoms with van der Waals surface area (Å²) in [6.07, 6.45) is 11.5. The molecule has 0 aliphatic heterocycles. The van der Waals surface area contributed by atoms with E-state index >= 15 is 0 Å². The van der Waals surface area contributed by atoms with Gasteiger partial charge in [-0.25, -0.2) is 0 Å². The summed E-state index contributed by atoms with van der Waals surface area (Å²) in [5.41, 5.74) is 10.5. The highest BCUT2D eigenvalue weighted by Crippen LogP contribution is 2.35. The molecule has 214 valence electrons. The first kappa shape index (κ1) is 30.3. The Morgan fingerprint density at radius 2 is 1.35 bits per heavy atom. The average Bonchev–Trinajstić information content (AvgIpc) is 2.90. The van der Waals surface area contributed by atoms with Crippen molar-refractivity contribution in [2.75, 3.05) is 19.8 Å². The number of ether oxygens (including phenoxy) is 1. The van der Waals surface area contributed by atoms with Gasteiger partial charge in [-0.1, -0.05) is 20.8 Å². The number of carbonyl (C=O) groups excluding carboxylic acids is 2. The van der Waals surface area contributed by atoms with Crippen LogP contribution < -0.4 is 22.0 Å². The molecule has 2 amide bonds. The monoisotopic (exact) mass is 524 g/mol. The van der Waals surface area contributed by atoms with Crippen LogP contribution in [0.5, 0.6) is 0 Å². The number of hydrogen-bond donors (Lipinski definition) is 4. The van der Waals surface area contributed by atoms with Crippen LogP contribution in [0.1, 0.15) is 98.3 Å². The van der Waals surface area contributed by atoms with Crippen LogP contribution in [0.3, 0.4) is 0 Å². The SMILES string of the molecule is CCONNC(=O)C1CCC(CONNC(=O)C2CC(C)CC(OCC3CCC(C(C)C)CC3)C2)CC1. The van der Waals surface area contributed by atoms with Gasteiger partial charge in [-0.3, -0.25) is 30.1 Å². The number of hydrogen-bond acceptors (Lipinski definition) is 7. The van der Waals surface area contributed by atoms with E-state index < -0.39 is 0 Å². The van der Waals surface area contributed by atoms with Gasteiger partial charge in [0, 0.05) is 18.4 Å². The zero-order valence-electron chi connectivity index (χ0n) is 23.6. The van der Waals surface area contributed by atoms with Gasteiger partial charge in [0.25, 0.3) is 0 Å². The van der Waals surface area contributed by atoms with E-state index in [4.69, 9.17) is 14.4 Å². The van der Waals surface area contributed by atoms with Gasteiger partial charge >= 0.3 is 0 Å². The standard InChI is InChI=1S/C28H52N4O5/c1-5-36-31-29-27(33)24-12-8-22(9-13-24)18-37-32-30-28(34)25-14-20(4)15-26(16-25)35-17-21-6-10-23(11-7-21)19(2)3/h19-26,31-32H,5-18H2,1-4H3,(H,29,33)(H,30,34). The first-order valence-corrected chi connectivity index (χ1v) is 14.8. The van der Waals surface area contributed by atoms with Gasteiger partial charge in [-0.2, -0.15) is 0 Å². The molecule has 0 radical (unpaired) electrons. The summed E-state index contributed by atoms with van der Waals surface area (Å²) < 4.78 is 6.36. The van der Waals surface area contributed by atoms with Crippen LogP contribution in [0.2, 0.25) is 0 Å². The van der Waals surface area contributed by atoms with Gasteiger partial charge in [-0.05, 0) is 107 Å². The predicted octanol–water partition coefficient (Wildman–Crippen LogP) is 4.20. The molecule has 3 aliphatic rings. The van der Waals surface area contributed by atoms with E-state index in [1.807, 2.05) is 6.92 Å². The molecular formula is C28H52N4O5. The Kier molecular flexibility index (Phi) is 13.1. The molecule has 3 atom stereocenters. The maximum absolute atomic E-state index is 12.8. The van der Waals surface area contributed by atoms with Gasteiger partial charge < -0.3 is 4.74 Å². The van der Waals surface area contributed by atoms with E-state index in [1.54, 1.807) is 0 Å². The van der Waals surface area contributed by atoms with Crippen LogP contribution in [0, 0.1) is 41.4 Å². The quantitative estimate of drug-likeness (QED) is 0.211. The topological polar surface area (TPSA) is 110 Å². The fraction of sp³-hybridized carbons (Fsp3) is 0.929. The molecule has 37 heavy (non-hydrogen) atoms. The second-order valence-electron chi connectivity index (χ2n) is 12.1. The van der Waals surface area contributed by atoms with Gasteiger partial charge in [0.1, 0.15) is 0 Å². The number of rotatable bonds is 13. The van der Waals surface area contributed by atoms with Gasteiger partial charge in [0.15, 0.2) is 0 Å². The summed E-state index contributed by atoms with van der Waals surface area (Å²) in [6, 6.07) is 0. The molecule has 0 bridgehead atoms. The highest BCUT2D eigenvalue weighted by atomic mass is 16.7. The fourth-order valence-electron chi connectivity index (χ4n) is 6.38. The highest BCUT2D eigenvalue weighted by molar-refractivity contribution is 5.78. The van der Waals surface area contributed by atoms with E-state index in [0.29, 0.717) is 31.0 Å². The maximum atomic E-state index is 12.8. The molecule has 9 nitrogen and oxygen atoms in total. The Bertz CT molecular complexity index is 677. The summed E-state index contributed by atoms with van der Waals surface area (Å²) in [7, 11) is 0. The average molecular weight is 525 g/mol. The molecule has 3 unspecified atom stereocenters. The summed E-state index contributed by atoms with van der Waals surface area (Å²) in [4.78, 5) is 35.4. The van der Waals surface area contributed by atoms with Crippen molar-refractivity contribution in [3.05, 3.63) is 0 Å². The first-order chi connectivity index (χ1) is 17.9. The minimum Gasteiger partial charge on any atom is -0.378 e. The van der Waals surface area contributed by atoms with Crippen LogP contribution >= 0.6 is 0 Å². The predicted molar refractivity (Wildman–Crippen MR) is 142 cm³/mol. The molecule has 0 aromatic rings. The number of hydrazine groups is 2. The van der Waals surface area contributed by atoms with Crippen LogP contribution in [0.4, 0.5) is 0 Å². The van der Waals surface area contributed by atoms with Crippen molar-refractivity contribution in [1.29, 1.82) is 0 Å².